The summed E-state index contributed by atoms with van der Waals surface area (Å²) in [6.45, 7) is 2.68. The molecule has 0 N–H and O–H groups in total. The Hall–Kier alpha value is -1.39. The number of morpholine rings is 1. The quantitative estimate of drug-likeness (QED) is 0.774. The third kappa shape index (κ3) is 2.06. The van der Waals surface area contributed by atoms with Gasteiger partial charge in [-0.3, -0.25) is 4.79 Å². The van der Waals surface area contributed by atoms with Crippen molar-refractivity contribution in [3.8, 4) is 0 Å². The molecule has 0 spiro atoms. The Morgan fingerprint density at radius 1 is 1.24 bits per heavy atom. The number of nitrogens with zero attached hydrogens (tertiary/aromatic N) is 1. The molecule has 1 fully saturated rings. The topological polar surface area (TPSA) is 29.5 Å². The van der Waals surface area contributed by atoms with Crippen LogP contribution in [-0.2, 0) is 4.74 Å². The number of carbonyl (C=O) groups excluding carboxylic acids is 1. The minimum absolute atomic E-state index is 0.112. The number of fused-ring (bicyclic) bond motifs is 1. The van der Waals surface area contributed by atoms with Gasteiger partial charge in [-0.25, -0.2) is 0 Å². The summed E-state index contributed by atoms with van der Waals surface area (Å²) < 4.78 is 6.48. The summed E-state index contributed by atoms with van der Waals surface area (Å²) in [5.41, 5.74) is 0.776. The second kappa shape index (κ2) is 4.47. The molecule has 1 aromatic heterocycles. The van der Waals surface area contributed by atoms with Crippen molar-refractivity contribution in [2.24, 2.45) is 0 Å². The van der Waals surface area contributed by atoms with E-state index in [2.05, 4.69) is 6.07 Å². The number of benzene rings is 1. The highest BCUT2D eigenvalue weighted by atomic mass is 32.1. The van der Waals surface area contributed by atoms with E-state index in [0.29, 0.717) is 26.3 Å². The van der Waals surface area contributed by atoms with Crippen molar-refractivity contribution in [3.63, 3.8) is 0 Å². The van der Waals surface area contributed by atoms with E-state index in [4.69, 9.17) is 4.74 Å². The average Bonchev–Trinajstić information content (AvgIpc) is 2.86. The van der Waals surface area contributed by atoms with Crippen molar-refractivity contribution in [3.05, 3.63) is 35.2 Å². The highest BCUT2D eigenvalue weighted by Crippen LogP contribution is 2.22. The fraction of sp³-hybridized carbons (Fsp3) is 0.308. The molecule has 0 saturated carbocycles. The molecule has 1 aromatic carbocycles. The van der Waals surface area contributed by atoms with Crippen LogP contribution in [-0.4, -0.2) is 37.1 Å². The molecule has 1 aliphatic heterocycles. The number of ether oxygens (including phenoxy) is 1. The third-order valence-corrected chi connectivity index (χ3v) is 3.90. The van der Waals surface area contributed by atoms with Gasteiger partial charge in [-0.15, -0.1) is 11.3 Å². The predicted molar refractivity (Wildman–Crippen MR) is 68.5 cm³/mol. The van der Waals surface area contributed by atoms with Crippen molar-refractivity contribution in [1.82, 2.24) is 4.90 Å². The zero-order valence-electron chi connectivity index (χ0n) is 9.39. The van der Waals surface area contributed by atoms with Crippen molar-refractivity contribution in [2.45, 2.75) is 0 Å². The van der Waals surface area contributed by atoms with Crippen molar-refractivity contribution < 1.29 is 9.53 Å². The summed E-state index contributed by atoms with van der Waals surface area (Å²) in [5, 5.41) is 3.20. The molecule has 0 aliphatic carbocycles. The standard InChI is InChI=1S/C13H13NO2S/c15-13(14-4-6-16-7-5-14)11-1-2-12-10(9-11)3-8-17-12/h1-3,8-9H,4-7H2. The van der Waals surface area contributed by atoms with Gasteiger partial charge in [0.05, 0.1) is 13.2 Å². The van der Waals surface area contributed by atoms with E-state index >= 15 is 0 Å². The van der Waals surface area contributed by atoms with Gasteiger partial charge in [-0.2, -0.15) is 0 Å². The second-order valence-corrected chi connectivity index (χ2v) is 5.03. The van der Waals surface area contributed by atoms with E-state index < -0.39 is 0 Å². The van der Waals surface area contributed by atoms with Crippen molar-refractivity contribution in [1.29, 1.82) is 0 Å². The molecule has 0 atom stereocenters. The summed E-state index contributed by atoms with van der Waals surface area (Å²) in [4.78, 5) is 14.1. The lowest BCUT2D eigenvalue weighted by Crippen LogP contribution is -2.40. The lowest BCUT2D eigenvalue weighted by molar-refractivity contribution is 0.0303. The highest BCUT2D eigenvalue weighted by molar-refractivity contribution is 7.17. The number of thiophene rings is 1. The Morgan fingerprint density at radius 3 is 2.88 bits per heavy atom. The first kappa shape index (κ1) is 10.7. The number of hydrogen-bond donors (Lipinski definition) is 0. The van der Waals surface area contributed by atoms with Gasteiger partial charge in [-0.1, -0.05) is 0 Å². The van der Waals surface area contributed by atoms with Gasteiger partial charge in [0.15, 0.2) is 0 Å². The lowest BCUT2D eigenvalue weighted by atomic mass is 10.1. The van der Waals surface area contributed by atoms with Gasteiger partial charge in [0.25, 0.3) is 5.91 Å². The zero-order chi connectivity index (χ0) is 11.7. The van der Waals surface area contributed by atoms with Crippen LogP contribution >= 0.6 is 11.3 Å². The molecular weight excluding hydrogens is 234 g/mol. The van der Waals surface area contributed by atoms with Gasteiger partial charge >= 0.3 is 0 Å². The summed E-state index contributed by atoms with van der Waals surface area (Å²) >= 11 is 1.70. The second-order valence-electron chi connectivity index (χ2n) is 4.08. The molecule has 0 unspecified atom stereocenters. The molecule has 3 rings (SSSR count). The molecular formula is C13H13NO2S. The largest absolute Gasteiger partial charge is 0.378 e. The minimum Gasteiger partial charge on any atom is -0.378 e. The Bertz CT molecular complexity index is 543. The molecule has 0 bridgehead atoms. The van der Waals surface area contributed by atoms with Crippen molar-refractivity contribution in [2.75, 3.05) is 26.3 Å². The molecule has 2 heterocycles. The van der Waals surface area contributed by atoms with Crippen LogP contribution in [0.15, 0.2) is 29.6 Å². The fourth-order valence-corrected chi connectivity index (χ4v) is 2.82. The van der Waals surface area contributed by atoms with Crippen LogP contribution in [0.1, 0.15) is 10.4 Å². The van der Waals surface area contributed by atoms with E-state index in [1.807, 2.05) is 28.5 Å². The molecule has 17 heavy (non-hydrogen) atoms. The van der Waals surface area contributed by atoms with Crippen LogP contribution in [0.5, 0.6) is 0 Å². The maximum Gasteiger partial charge on any atom is 0.254 e. The molecule has 1 saturated heterocycles. The minimum atomic E-state index is 0.112. The summed E-state index contributed by atoms with van der Waals surface area (Å²) in [6.07, 6.45) is 0. The number of amides is 1. The van der Waals surface area contributed by atoms with E-state index in [-0.39, 0.29) is 5.91 Å². The molecule has 2 aromatic rings. The van der Waals surface area contributed by atoms with Crippen LogP contribution in [0.2, 0.25) is 0 Å². The van der Waals surface area contributed by atoms with E-state index in [0.717, 1.165) is 10.9 Å². The van der Waals surface area contributed by atoms with Gasteiger partial charge in [0.1, 0.15) is 0 Å². The predicted octanol–water partition coefficient (Wildman–Crippen LogP) is 2.37. The zero-order valence-corrected chi connectivity index (χ0v) is 10.2. The Kier molecular flexibility index (Phi) is 2.82. The van der Waals surface area contributed by atoms with Crippen LogP contribution in [0.4, 0.5) is 0 Å². The van der Waals surface area contributed by atoms with E-state index in [9.17, 15) is 4.79 Å². The molecule has 88 valence electrons. The van der Waals surface area contributed by atoms with Gasteiger partial charge < -0.3 is 9.64 Å². The fourth-order valence-electron chi connectivity index (χ4n) is 2.05. The number of rotatable bonds is 1. The molecule has 0 radical (unpaired) electrons. The van der Waals surface area contributed by atoms with Gasteiger partial charge in [0.2, 0.25) is 0 Å². The molecule has 1 amide bonds. The van der Waals surface area contributed by atoms with Crippen LogP contribution in [0, 0.1) is 0 Å². The molecule has 1 aliphatic rings. The first-order chi connectivity index (χ1) is 8.34. The smallest absolute Gasteiger partial charge is 0.254 e. The summed E-state index contributed by atoms with van der Waals surface area (Å²) in [7, 11) is 0. The maximum atomic E-state index is 12.2. The molecule has 3 nitrogen and oxygen atoms in total. The van der Waals surface area contributed by atoms with Gasteiger partial charge in [-0.05, 0) is 35.0 Å². The van der Waals surface area contributed by atoms with E-state index in [1.165, 1.54) is 4.70 Å². The van der Waals surface area contributed by atoms with Crippen molar-refractivity contribution >= 4 is 27.3 Å². The SMILES string of the molecule is O=C(c1ccc2sccc2c1)N1CCOCC1. The first-order valence-electron chi connectivity index (χ1n) is 5.69. The monoisotopic (exact) mass is 247 g/mol. The lowest BCUT2D eigenvalue weighted by Gasteiger charge is -2.26. The van der Waals surface area contributed by atoms with Crippen LogP contribution in [0.25, 0.3) is 10.1 Å². The molecule has 4 heteroatoms. The Morgan fingerprint density at radius 2 is 2.06 bits per heavy atom. The maximum absolute atomic E-state index is 12.2. The summed E-state index contributed by atoms with van der Waals surface area (Å²) in [6, 6.07) is 7.96. The Labute approximate surface area is 104 Å². The normalized spacial score (nSPS) is 16.4. The van der Waals surface area contributed by atoms with Gasteiger partial charge in [0, 0.05) is 23.4 Å². The number of carbonyl (C=O) groups is 1. The summed E-state index contributed by atoms with van der Waals surface area (Å²) in [5.74, 6) is 0.112. The van der Waals surface area contributed by atoms with Crippen LogP contribution < -0.4 is 0 Å². The first-order valence-corrected chi connectivity index (χ1v) is 6.57. The third-order valence-electron chi connectivity index (χ3n) is 3.00. The number of hydrogen-bond acceptors (Lipinski definition) is 3. The Balaban J connectivity index is 1.88. The highest BCUT2D eigenvalue weighted by Gasteiger charge is 2.18. The van der Waals surface area contributed by atoms with E-state index in [1.54, 1.807) is 11.3 Å². The average molecular weight is 247 g/mol. The van der Waals surface area contributed by atoms with Crippen LogP contribution in [0.3, 0.4) is 0 Å².